The number of nitrogens with two attached hydrogens (primary N) is 1. The first-order valence-corrected chi connectivity index (χ1v) is 7.98. The average molecular weight is 333 g/mol. The van der Waals surface area contributed by atoms with Crippen LogP contribution in [0.3, 0.4) is 0 Å². The van der Waals surface area contributed by atoms with Gasteiger partial charge >= 0.3 is 0 Å². The Labute approximate surface area is 144 Å². The summed E-state index contributed by atoms with van der Waals surface area (Å²) >= 11 is 0. The van der Waals surface area contributed by atoms with Crippen molar-refractivity contribution in [2.75, 3.05) is 6.54 Å². The third-order valence-electron chi connectivity index (χ3n) is 4.53. The second kappa shape index (κ2) is 7.93. The minimum Gasteiger partial charge on any atom is -0.390 e. The molecule has 0 radical (unpaired) electrons. The van der Waals surface area contributed by atoms with Crippen molar-refractivity contribution in [2.45, 2.75) is 36.9 Å². The van der Waals surface area contributed by atoms with Gasteiger partial charge in [0.15, 0.2) is 0 Å². The van der Waals surface area contributed by atoms with Crippen LogP contribution in [-0.2, 0) is 12.0 Å². The summed E-state index contributed by atoms with van der Waals surface area (Å²) in [6.07, 6.45) is 2.40. The van der Waals surface area contributed by atoms with Crippen molar-refractivity contribution in [3.05, 3.63) is 71.8 Å². The molecule has 0 unspecified atom stereocenters. The molecule has 2 atom stereocenters. The fourth-order valence-electron chi connectivity index (χ4n) is 2.92. The minimum atomic E-state index is -0.540. The zero-order valence-corrected chi connectivity index (χ0v) is 14.0. The zero-order valence-electron chi connectivity index (χ0n) is 13.2. The minimum absolute atomic E-state index is 0. The normalized spacial score (nSPS) is 17.8. The molecule has 1 aliphatic carbocycles. The largest absolute Gasteiger partial charge is 0.390 e. The number of rotatable bonds is 7. The van der Waals surface area contributed by atoms with Gasteiger partial charge in [-0.05, 0) is 30.4 Å². The Morgan fingerprint density at radius 2 is 1.57 bits per heavy atom. The average Bonchev–Trinajstić information content (AvgIpc) is 3.35. The van der Waals surface area contributed by atoms with Crippen molar-refractivity contribution in [3.63, 3.8) is 0 Å². The second-order valence-corrected chi connectivity index (χ2v) is 6.25. The lowest BCUT2D eigenvalue weighted by atomic mass is 10.0. The summed E-state index contributed by atoms with van der Waals surface area (Å²) in [5.41, 5.74) is 8.67. The molecule has 124 valence electrons. The van der Waals surface area contributed by atoms with Gasteiger partial charge in [0.25, 0.3) is 0 Å². The van der Waals surface area contributed by atoms with E-state index in [1.165, 1.54) is 11.1 Å². The third-order valence-corrected chi connectivity index (χ3v) is 4.53. The van der Waals surface area contributed by atoms with Crippen molar-refractivity contribution in [2.24, 2.45) is 5.73 Å². The number of hydrogen-bond acceptors (Lipinski definition) is 3. The van der Waals surface area contributed by atoms with E-state index in [0.717, 1.165) is 12.8 Å². The Morgan fingerprint density at radius 1 is 1.00 bits per heavy atom. The lowest BCUT2D eigenvalue weighted by molar-refractivity contribution is 0.136. The van der Waals surface area contributed by atoms with Gasteiger partial charge in [-0.3, -0.25) is 0 Å². The Kier molecular flexibility index (Phi) is 6.19. The fraction of sp³-hybridized carbons (Fsp3) is 0.368. The first-order valence-electron chi connectivity index (χ1n) is 7.98. The SMILES string of the molecule is Cl.N[C@@H](Cc1ccccc1)[C@H](O)CNC1(c2ccccc2)CC1. The number of nitrogens with one attached hydrogen (secondary N) is 1. The van der Waals surface area contributed by atoms with Gasteiger partial charge in [0, 0.05) is 18.1 Å². The van der Waals surface area contributed by atoms with Crippen LogP contribution in [0.4, 0.5) is 0 Å². The molecule has 0 aromatic heterocycles. The maximum Gasteiger partial charge on any atom is 0.0818 e. The highest BCUT2D eigenvalue weighted by Crippen LogP contribution is 2.45. The maximum absolute atomic E-state index is 10.3. The molecule has 0 bridgehead atoms. The standard InChI is InChI=1S/C19H24N2O.ClH/c20-17(13-15-7-3-1-4-8-15)18(22)14-21-19(11-12-19)16-9-5-2-6-10-16;/h1-10,17-18,21-22H,11-14,20H2;1H/t17-,18+;/m0./s1. The van der Waals surface area contributed by atoms with Crippen LogP contribution in [0.5, 0.6) is 0 Å². The zero-order chi connectivity index (χ0) is 15.4. The van der Waals surface area contributed by atoms with Gasteiger partial charge in [-0.15, -0.1) is 12.4 Å². The molecule has 0 saturated heterocycles. The summed E-state index contributed by atoms with van der Waals surface area (Å²) < 4.78 is 0. The lowest BCUT2D eigenvalue weighted by Crippen LogP contribution is -2.45. The first-order chi connectivity index (χ1) is 10.7. The topological polar surface area (TPSA) is 58.3 Å². The first kappa shape index (κ1) is 18.0. The number of hydrogen-bond donors (Lipinski definition) is 3. The third kappa shape index (κ3) is 4.55. The Morgan fingerprint density at radius 3 is 2.13 bits per heavy atom. The van der Waals surface area contributed by atoms with Crippen LogP contribution in [-0.4, -0.2) is 23.8 Å². The molecule has 3 nitrogen and oxygen atoms in total. The summed E-state index contributed by atoms with van der Waals surface area (Å²) in [6, 6.07) is 20.3. The van der Waals surface area contributed by atoms with Crippen LogP contribution >= 0.6 is 12.4 Å². The molecule has 2 aromatic rings. The van der Waals surface area contributed by atoms with E-state index < -0.39 is 6.10 Å². The quantitative estimate of drug-likeness (QED) is 0.730. The molecule has 0 amide bonds. The van der Waals surface area contributed by atoms with Crippen LogP contribution in [0, 0.1) is 0 Å². The summed E-state index contributed by atoms with van der Waals surface area (Å²) in [5.74, 6) is 0. The Hall–Kier alpha value is -1.39. The molecule has 4 N–H and O–H groups in total. The molecular weight excluding hydrogens is 308 g/mol. The molecule has 4 heteroatoms. The van der Waals surface area contributed by atoms with Gasteiger partial charge in [-0.25, -0.2) is 0 Å². The molecule has 0 aliphatic heterocycles. The van der Waals surface area contributed by atoms with E-state index in [1.807, 2.05) is 36.4 Å². The van der Waals surface area contributed by atoms with Gasteiger partial charge in [0.2, 0.25) is 0 Å². The van der Waals surface area contributed by atoms with Crippen molar-refractivity contribution in [1.82, 2.24) is 5.32 Å². The number of aliphatic hydroxyl groups excluding tert-OH is 1. The van der Waals surface area contributed by atoms with Crippen LogP contribution in [0.1, 0.15) is 24.0 Å². The van der Waals surface area contributed by atoms with Crippen molar-refractivity contribution in [3.8, 4) is 0 Å². The Balaban J connectivity index is 0.00000192. The van der Waals surface area contributed by atoms with Crippen LogP contribution in [0.15, 0.2) is 60.7 Å². The van der Waals surface area contributed by atoms with E-state index in [9.17, 15) is 5.11 Å². The molecule has 1 saturated carbocycles. The molecular formula is C19H25ClN2O. The lowest BCUT2D eigenvalue weighted by Gasteiger charge is -2.24. The van der Waals surface area contributed by atoms with Gasteiger partial charge in [-0.1, -0.05) is 60.7 Å². The van der Waals surface area contributed by atoms with Crippen LogP contribution in [0.2, 0.25) is 0 Å². The van der Waals surface area contributed by atoms with Gasteiger partial charge in [0.1, 0.15) is 0 Å². The summed E-state index contributed by atoms with van der Waals surface area (Å²) in [5, 5.41) is 13.9. The summed E-state index contributed by atoms with van der Waals surface area (Å²) in [4.78, 5) is 0. The monoisotopic (exact) mass is 332 g/mol. The molecule has 0 spiro atoms. The van der Waals surface area contributed by atoms with E-state index in [0.29, 0.717) is 13.0 Å². The molecule has 1 aliphatic rings. The van der Waals surface area contributed by atoms with E-state index in [2.05, 4.69) is 29.6 Å². The molecule has 0 heterocycles. The highest BCUT2D eigenvalue weighted by Gasteiger charge is 2.44. The molecule has 1 fully saturated rings. The highest BCUT2D eigenvalue weighted by atomic mass is 35.5. The van der Waals surface area contributed by atoms with E-state index in [-0.39, 0.29) is 24.0 Å². The van der Waals surface area contributed by atoms with Crippen LogP contribution < -0.4 is 11.1 Å². The summed E-state index contributed by atoms with van der Waals surface area (Å²) in [7, 11) is 0. The van der Waals surface area contributed by atoms with Gasteiger partial charge < -0.3 is 16.2 Å². The molecule has 2 aromatic carbocycles. The maximum atomic E-state index is 10.3. The smallest absolute Gasteiger partial charge is 0.0818 e. The highest BCUT2D eigenvalue weighted by molar-refractivity contribution is 5.85. The fourth-order valence-corrected chi connectivity index (χ4v) is 2.92. The van der Waals surface area contributed by atoms with Crippen molar-refractivity contribution >= 4 is 12.4 Å². The summed E-state index contributed by atoms with van der Waals surface area (Å²) in [6.45, 7) is 0.531. The van der Waals surface area contributed by atoms with Crippen LogP contribution in [0.25, 0.3) is 0 Å². The number of benzene rings is 2. The number of halogens is 1. The van der Waals surface area contributed by atoms with E-state index in [4.69, 9.17) is 5.73 Å². The molecule has 3 rings (SSSR count). The van der Waals surface area contributed by atoms with Crippen molar-refractivity contribution < 1.29 is 5.11 Å². The predicted molar refractivity (Wildman–Crippen MR) is 96.7 cm³/mol. The number of aliphatic hydroxyl groups is 1. The second-order valence-electron chi connectivity index (χ2n) is 6.25. The van der Waals surface area contributed by atoms with Gasteiger partial charge in [0.05, 0.1) is 6.10 Å². The Bertz CT molecular complexity index is 587. The van der Waals surface area contributed by atoms with Crippen molar-refractivity contribution in [1.29, 1.82) is 0 Å². The molecule has 23 heavy (non-hydrogen) atoms. The van der Waals surface area contributed by atoms with E-state index in [1.54, 1.807) is 0 Å². The van der Waals surface area contributed by atoms with E-state index >= 15 is 0 Å². The predicted octanol–water partition coefficient (Wildman–Crippen LogP) is 2.62. The van der Waals surface area contributed by atoms with Gasteiger partial charge in [-0.2, -0.15) is 0 Å².